The summed E-state index contributed by atoms with van der Waals surface area (Å²) >= 11 is 6.20. The standard InChI is InChI=1S/C23H32ClNO3Si/c1-8-27-23(26)21-20(13-14-25-22(21)24)18-9-11-19(12-10-18)28-29(15(2)3,16(4)5)17(6)7/h9-17H,8H2,1-7H3. The number of ether oxygens (including phenoxy) is 1. The lowest BCUT2D eigenvalue weighted by Gasteiger charge is -2.42. The van der Waals surface area contributed by atoms with Crippen LogP contribution in [0.2, 0.25) is 21.8 Å². The quantitative estimate of drug-likeness (QED) is 0.252. The van der Waals surface area contributed by atoms with Gasteiger partial charge in [0.15, 0.2) is 0 Å². The lowest BCUT2D eigenvalue weighted by molar-refractivity contribution is 0.0527. The number of rotatable bonds is 8. The number of pyridine rings is 1. The predicted octanol–water partition coefficient (Wildman–Crippen LogP) is 7.13. The van der Waals surface area contributed by atoms with Gasteiger partial charge in [0.05, 0.1) is 6.61 Å². The fraction of sp³-hybridized carbons (Fsp3) is 0.478. The van der Waals surface area contributed by atoms with Crippen LogP contribution in [-0.2, 0) is 4.74 Å². The molecule has 0 radical (unpaired) electrons. The van der Waals surface area contributed by atoms with Crippen molar-refractivity contribution in [3.8, 4) is 16.9 Å². The van der Waals surface area contributed by atoms with Crippen LogP contribution in [0.15, 0.2) is 36.5 Å². The van der Waals surface area contributed by atoms with Crippen molar-refractivity contribution in [1.29, 1.82) is 0 Å². The van der Waals surface area contributed by atoms with Gasteiger partial charge >= 0.3 is 5.97 Å². The Labute approximate surface area is 180 Å². The van der Waals surface area contributed by atoms with Crippen molar-refractivity contribution in [3.05, 3.63) is 47.2 Å². The second-order valence-corrected chi connectivity index (χ2v) is 13.9. The molecular formula is C23H32ClNO3Si. The zero-order valence-corrected chi connectivity index (χ0v) is 20.2. The fourth-order valence-electron chi connectivity index (χ4n) is 4.33. The van der Waals surface area contributed by atoms with Crippen LogP contribution in [0.5, 0.6) is 5.75 Å². The summed E-state index contributed by atoms with van der Waals surface area (Å²) < 4.78 is 11.9. The first-order valence-corrected chi connectivity index (χ1v) is 12.8. The molecule has 1 heterocycles. The van der Waals surface area contributed by atoms with Crippen molar-refractivity contribution in [1.82, 2.24) is 4.98 Å². The van der Waals surface area contributed by atoms with E-state index in [1.807, 2.05) is 24.3 Å². The molecule has 1 aromatic heterocycles. The smallest absolute Gasteiger partial charge is 0.341 e. The lowest BCUT2D eigenvalue weighted by Crippen LogP contribution is -2.50. The van der Waals surface area contributed by atoms with Crippen molar-refractivity contribution < 1.29 is 14.0 Å². The zero-order chi connectivity index (χ0) is 21.8. The van der Waals surface area contributed by atoms with Gasteiger partial charge in [-0.2, -0.15) is 0 Å². The highest BCUT2D eigenvalue weighted by atomic mass is 35.5. The molecule has 0 unspecified atom stereocenters. The number of benzene rings is 1. The molecular weight excluding hydrogens is 402 g/mol. The van der Waals surface area contributed by atoms with Crippen LogP contribution in [-0.4, -0.2) is 25.9 Å². The second-order valence-electron chi connectivity index (χ2n) is 8.19. The van der Waals surface area contributed by atoms with Gasteiger partial charge in [-0.3, -0.25) is 0 Å². The Kier molecular flexibility index (Phi) is 7.89. The zero-order valence-electron chi connectivity index (χ0n) is 18.5. The van der Waals surface area contributed by atoms with Gasteiger partial charge in [-0.25, -0.2) is 9.78 Å². The molecule has 0 aliphatic heterocycles. The minimum atomic E-state index is -2.02. The summed E-state index contributed by atoms with van der Waals surface area (Å²) in [6.07, 6.45) is 1.60. The topological polar surface area (TPSA) is 48.4 Å². The molecule has 2 rings (SSSR count). The van der Waals surface area contributed by atoms with E-state index in [4.69, 9.17) is 20.8 Å². The molecule has 0 saturated carbocycles. The summed E-state index contributed by atoms with van der Waals surface area (Å²) in [4.78, 5) is 16.4. The van der Waals surface area contributed by atoms with E-state index < -0.39 is 14.3 Å². The second kappa shape index (κ2) is 9.77. The van der Waals surface area contributed by atoms with E-state index in [0.717, 1.165) is 11.3 Å². The van der Waals surface area contributed by atoms with Crippen LogP contribution in [0, 0.1) is 0 Å². The Morgan fingerprint density at radius 2 is 1.55 bits per heavy atom. The fourth-order valence-corrected chi connectivity index (χ4v) is 9.82. The largest absolute Gasteiger partial charge is 0.543 e. The molecule has 0 aliphatic carbocycles. The number of aromatic nitrogens is 1. The first-order valence-electron chi connectivity index (χ1n) is 10.3. The van der Waals surface area contributed by atoms with Crippen molar-refractivity contribution in [2.75, 3.05) is 6.61 Å². The van der Waals surface area contributed by atoms with Gasteiger partial charge in [0.1, 0.15) is 16.5 Å². The summed E-state index contributed by atoms with van der Waals surface area (Å²) in [7, 11) is -2.02. The lowest BCUT2D eigenvalue weighted by atomic mass is 10.0. The molecule has 0 fully saturated rings. The summed E-state index contributed by atoms with van der Waals surface area (Å²) in [5.41, 5.74) is 3.36. The minimum Gasteiger partial charge on any atom is -0.543 e. The molecule has 0 amide bonds. The Bertz CT molecular complexity index is 813. The number of esters is 1. The Hall–Kier alpha value is -1.85. The molecule has 6 heteroatoms. The molecule has 0 N–H and O–H groups in total. The van der Waals surface area contributed by atoms with E-state index in [-0.39, 0.29) is 11.8 Å². The van der Waals surface area contributed by atoms with E-state index in [1.165, 1.54) is 0 Å². The van der Waals surface area contributed by atoms with E-state index in [1.54, 1.807) is 19.2 Å². The maximum absolute atomic E-state index is 12.4. The number of carbonyl (C=O) groups excluding carboxylic acids is 1. The van der Waals surface area contributed by atoms with E-state index in [0.29, 0.717) is 27.8 Å². The maximum atomic E-state index is 12.4. The Balaban J connectivity index is 2.41. The van der Waals surface area contributed by atoms with Gasteiger partial charge in [0, 0.05) is 11.8 Å². The highest BCUT2D eigenvalue weighted by Gasteiger charge is 2.46. The Morgan fingerprint density at radius 1 is 1.00 bits per heavy atom. The number of halogens is 1. The number of hydrogen-bond donors (Lipinski definition) is 0. The predicted molar refractivity (Wildman–Crippen MR) is 122 cm³/mol. The van der Waals surface area contributed by atoms with Crippen LogP contribution < -0.4 is 4.43 Å². The van der Waals surface area contributed by atoms with Gasteiger partial charge < -0.3 is 9.16 Å². The molecule has 0 bridgehead atoms. The molecule has 4 nitrogen and oxygen atoms in total. The normalized spacial score (nSPS) is 12.0. The summed E-state index contributed by atoms with van der Waals surface area (Å²) in [5.74, 6) is 0.404. The molecule has 0 atom stereocenters. The van der Waals surface area contributed by atoms with Crippen molar-refractivity contribution in [3.63, 3.8) is 0 Å². The number of hydrogen-bond acceptors (Lipinski definition) is 4. The third-order valence-corrected chi connectivity index (χ3v) is 11.8. The third-order valence-electron chi connectivity index (χ3n) is 5.55. The van der Waals surface area contributed by atoms with Gasteiger partial charge in [-0.05, 0) is 47.3 Å². The monoisotopic (exact) mass is 433 g/mol. The summed E-state index contributed by atoms with van der Waals surface area (Å²) in [6.45, 7) is 15.7. The van der Waals surface area contributed by atoms with Gasteiger partial charge in [-0.15, -0.1) is 0 Å². The first kappa shape index (κ1) is 23.4. The molecule has 2 aromatic rings. The molecule has 29 heavy (non-hydrogen) atoms. The SMILES string of the molecule is CCOC(=O)c1c(-c2ccc(O[Si](C(C)C)(C(C)C)C(C)C)cc2)ccnc1Cl. The van der Waals surface area contributed by atoms with Crippen LogP contribution in [0.1, 0.15) is 58.8 Å². The third kappa shape index (κ3) is 4.84. The maximum Gasteiger partial charge on any atom is 0.341 e. The minimum absolute atomic E-state index is 0.145. The molecule has 0 spiro atoms. The van der Waals surface area contributed by atoms with E-state index in [2.05, 4.69) is 46.5 Å². The highest BCUT2D eigenvalue weighted by molar-refractivity contribution is 6.78. The van der Waals surface area contributed by atoms with Gasteiger partial charge in [-0.1, -0.05) is 65.3 Å². The van der Waals surface area contributed by atoms with Crippen LogP contribution >= 0.6 is 11.6 Å². The van der Waals surface area contributed by atoms with Crippen molar-refractivity contribution >= 4 is 25.9 Å². The number of nitrogens with zero attached hydrogens (tertiary/aromatic N) is 1. The average Bonchev–Trinajstić information content (AvgIpc) is 2.65. The molecule has 0 aliphatic rings. The molecule has 0 saturated heterocycles. The van der Waals surface area contributed by atoms with Crippen molar-refractivity contribution in [2.24, 2.45) is 0 Å². The van der Waals surface area contributed by atoms with Crippen LogP contribution in [0.4, 0.5) is 0 Å². The van der Waals surface area contributed by atoms with Gasteiger partial charge in [0.25, 0.3) is 8.32 Å². The van der Waals surface area contributed by atoms with Crippen LogP contribution in [0.25, 0.3) is 11.1 Å². The first-order chi connectivity index (χ1) is 13.6. The van der Waals surface area contributed by atoms with E-state index >= 15 is 0 Å². The molecule has 158 valence electrons. The van der Waals surface area contributed by atoms with Crippen molar-refractivity contribution in [2.45, 2.75) is 65.1 Å². The number of carbonyl (C=O) groups is 1. The average molecular weight is 434 g/mol. The van der Waals surface area contributed by atoms with Crippen LogP contribution in [0.3, 0.4) is 0 Å². The highest BCUT2D eigenvalue weighted by Crippen LogP contribution is 2.43. The van der Waals surface area contributed by atoms with Gasteiger partial charge in [0.2, 0.25) is 0 Å². The summed E-state index contributed by atoms with van der Waals surface area (Å²) in [5, 5.41) is 0.145. The Morgan fingerprint density at radius 3 is 2.03 bits per heavy atom. The van der Waals surface area contributed by atoms with E-state index in [9.17, 15) is 4.79 Å². The molecule has 1 aromatic carbocycles. The summed E-state index contributed by atoms with van der Waals surface area (Å²) in [6, 6.07) is 9.66.